The summed E-state index contributed by atoms with van der Waals surface area (Å²) < 4.78 is 6.90. The summed E-state index contributed by atoms with van der Waals surface area (Å²) in [5.41, 5.74) is 1.15. The molecule has 0 saturated heterocycles. The highest BCUT2D eigenvalue weighted by atomic mass is 16.5. The molecule has 0 atom stereocenters. The van der Waals surface area contributed by atoms with E-state index < -0.39 is 0 Å². The SMILES string of the molecule is COc1cccc(C(=O)Nc2ccc(-n3ccnc3)nc2)c1. The highest BCUT2D eigenvalue weighted by Crippen LogP contribution is 2.15. The fraction of sp³-hybridized carbons (Fsp3) is 0.0625. The quantitative estimate of drug-likeness (QED) is 0.802. The van der Waals surface area contributed by atoms with Gasteiger partial charge in [-0.1, -0.05) is 6.07 Å². The van der Waals surface area contributed by atoms with Crippen LogP contribution in [0, 0.1) is 0 Å². The van der Waals surface area contributed by atoms with Crippen LogP contribution in [0.3, 0.4) is 0 Å². The standard InChI is InChI=1S/C16H14N4O2/c1-22-14-4-2-3-12(9-14)16(21)19-13-5-6-15(18-10-13)20-8-7-17-11-20/h2-11H,1H3,(H,19,21). The van der Waals surface area contributed by atoms with Crippen molar-refractivity contribution in [2.75, 3.05) is 12.4 Å². The van der Waals surface area contributed by atoms with Crippen molar-refractivity contribution >= 4 is 11.6 Å². The normalized spacial score (nSPS) is 10.2. The summed E-state index contributed by atoms with van der Waals surface area (Å²) in [6.07, 6.45) is 6.75. The van der Waals surface area contributed by atoms with E-state index in [0.717, 1.165) is 5.82 Å². The first-order valence-corrected chi connectivity index (χ1v) is 6.66. The second kappa shape index (κ2) is 6.09. The summed E-state index contributed by atoms with van der Waals surface area (Å²) in [5.74, 6) is 1.16. The van der Waals surface area contributed by atoms with Crippen molar-refractivity contribution in [3.8, 4) is 11.6 Å². The maximum Gasteiger partial charge on any atom is 0.255 e. The predicted molar refractivity (Wildman–Crippen MR) is 82.3 cm³/mol. The smallest absolute Gasteiger partial charge is 0.255 e. The third-order valence-corrected chi connectivity index (χ3v) is 3.11. The number of carbonyl (C=O) groups excluding carboxylic acids is 1. The second-order valence-corrected chi connectivity index (χ2v) is 4.56. The van der Waals surface area contributed by atoms with Gasteiger partial charge in [0.1, 0.15) is 17.9 Å². The molecule has 0 aliphatic carbocycles. The number of ether oxygens (including phenoxy) is 1. The minimum atomic E-state index is -0.212. The van der Waals surface area contributed by atoms with Gasteiger partial charge in [-0.3, -0.25) is 9.36 Å². The van der Waals surface area contributed by atoms with Gasteiger partial charge in [-0.2, -0.15) is 0 Å². The van der Waals surface area contributed by atoms with E-state index >= 15 is 0 Å². The third kappa shape index (κ3) is 2.95. The molecule has 2 heterocycles. The first-order valence-electron chi connectivity index (χ1n) is 6.66. The molecule has 6 heteroatoms. The monoisotopic (exact) mass is 294 g/mol. The Morgan fingerprint density at radius 3 is 2.86 bits per heavy atom. The topological polar surface area (TPSA) is 69.0 Å². The summed E-state index contributed by atoms with van der Waals surface area (Å²) in [6.45, 7) is 0. The molecule has 110 valence electrons. The molecule has 2 aromatic heterocycles. The van der Waals surface area contributed by atoms with Gasteiger partial charge in [0.05, 0.1) is 19.0 Å². The zero-order valence-corrected chi connectivity index (χ0v) is 11.9. The lowest BCUT2D eigenvalue weighted by Gasteiger charge is -2.07. The number of benzene rings is 1. The highest BCUT2D eigenvalue weighted by Gasteiger charge is 2.07. The molecule has 0 unspecified atom stereocenters. The Hall–Kier alpha value is -3.15. The van der Waals surface area contributed by atoms with E-state index in [1.54, 1.807) is 66.9 Å². The Morgan fingerprint density at radius 1 is 1.27 bits per heavy atom. The summed E-state index contributed by atoms with van der Waals surface area (Å²) >= 11 is 0. The Morgan fingerprint density at radius 2 is 2.18 bits per heavy atom. The lowest BCUT2D eigenvalue weighted by atomic mass is 10.2. The van der Waals surface area contributed by atoms with Crippen molar-refractivity contribution in [1.82, 2.24) is 14.5 Å². The Bertz CT molecular complexity index is 767. The number of hydrogen-bond acceptors (Lipinski definition) is 4. The average Bonchev–Trinajstić information content (AvgIpc) is 3.10. The highest BCUT2D eigenvalue weighted by molar-refractivity contribution is 6.04. The van der Waals surface area contributed by atoms with Crippen LogP contribution in [0.5, 0.6) is 5.75 Å². The van der Waals surface area contributed by atoms with Gasteiger partial charge in [-0.15, -0.1) is 0 Å². The number of nitrogens with one attached hydrogen (secondary N) is 1. The third-order valence-electron chi connectivity index (χ3n) is 3.11. The van der Waals surface area contributed by atoms with Crippen LogP contribution in [0.15, 0.2) is 61.3 Å². The molecule has 3 aromatic rings. The van der Waals surface area contributed by atoms with E-state index in [4.69, 9.17) is 4.74 Å². The number of anilines is 1. The summed E-state index contributed by atoms with van der Waals surface area (Å²) in [7, 11) is 1.57. The van der Waals surface area contributed by atoms with Crippen LogP contribution in [0.25, 0.3) is 5.82 Å². The molecule has 0 radical (unpaired) electrons. The van der Waals surface area contributed by atoms with Gasteiger partial charge in [0.15, 0.2) is 0 Å². The fourth-order valence-electron chi connectivity index (χ4n) is 1.97. The van der Waals surface area contributed by atoms with Crippen LogP contribution in [0.2, 0.25) is 0 Å². The van der Waals surface area contributed by atoms with Crippen LogP contribution < -0.4 is 10.1 Å². The second-order valence-electron chi connectivity index (χ2n) is 4.56. The molecule has 0 aliphatic rings. The van der Waals surface area contributed by atoms with Crippen LogP contribution >= 0.6 is 0 Å². The van der Waals surface area contributed by atoms with Crippen LogP contribution in [-0.4, -0.2) is 27.6 Å². The number of hydrogen-bond donors (Lipinski definition) is 1. The maximum atomic E-state index is 12.2. The fourth-order valence-corrected chi connectivity index (χ4v) is 1.97. The van der Waals surface area contributed by atoms with E-state index in [2.05, 4.69) is 15.3 Å². The first kappa shape index (κ1) is 13.8. The van der Waals surface area contributed by atoms with E-state index in [1.807, 2.05) is 6.07 Å². The van der Waals surface area contributed by atoms with Crippen molar-refractivity contribution in [3.63, 3.8) is 0 Å². The van der Waals surface area contributed by atoms with E-state index in [9.17, 15) is 4.79 Å². The zero-order valence-electron chi connectivity index (χ0n) is 11.9. The largest absolute Gasteiger partial charge is 0.497 e. The summed E-state index contributed by atoms with van der Waals surface area (Å²) in [6, 6.07) is 10.6. The number of methoxy groups -OCH3 is 1. The molecule has 0 aliphatic heterocycles. The molecule has 0 fully saturated rings. The molecule has 1 aromatic carbocycles. The molecular formula is C16H14N4O2. The Labute approximate surface area is 127 Å². The van der Waals surface area contributed by atoms with Crippen molar-refractivity contribution in [1.29, 1.82) is 0 Å². The number of rotatable bonds is 4. The zero-order chi connectivity index (χ0) is 15.4. The summed E-state index contributed by atoms with van der Waals surface area (Å²) in [4.78, 5) is 20.4. The molecule has 3 rings (SSSR count). The van der Waals surface area contributed by atoms with Gasteiger partial charge < -0.3 is 10.1 Å². The molecule has 0 spiro atoms. The van der Waals surface area contributed by atoms with Crippen molar-refractivity contribution in [2.45, 2.75) is 0 Å². The van der Waals surface area contributed by atoms with Gasteiger partial charge >= 0.3 is 0 Å². The minimum absolute atomic E-state index is 0.212. The first-order chi connectivity index (χ1) is 10.8. The molecule has 0 bridgehead atoms. The Kier molecular flexibility index (Phi) is 3.82. The van der Waals surface area contributed by atoms with Crippen molar-refractivity contribution in [2.24, 2.45) is 0 Å². The average molecular weight is 294 g/mol. The van der Waals surface area contributed by atoms with Gasteiger partial charge in [0.25, 0.3) is 5.91 Å². The number of amides is 1. The van der Waals surface area contributed by atoms with E-state index in [0.29, 0.717) is 17.0 Å². The minimum Gasteiger partial charge on any atom is -0.497 e. The summed E-state index contributed by atoms with van der Waals surface area (Å²) in [5, 5.41) is 2.80. The number of pyridine rings is 1. The van der Waals surface area contributed by atoms with E-state index in [-0.39, 0.29) is 5.91 Å². The predicted octanol–water partition coefficient (Wildman–Crippen LogP) is 2.53. The van der Waals surface area contributed by atoms with Gasteiger partial charge in [0, 0.05) is 18.0 Å². The number of carbonyl (C=O) groups is 1. The lowest BCUT2D eigenvalue weighted by Crippen LogP contribution is -2.12. The number of aromatic nitrogens is 3. The molecule has 0 saturated carbocycles. The molecule has 1 N–H and O–H groups in total. The molecule has 22 heavy (non-hydrogen) atoms. The van der Waals surface area contributed by atoms with Crippen LogP contribution in [-0.2, 0) is 0 Å². The van der Waals surface area contributed by atoms with Crippen LogP contribution in [0.1, 0.15) is 10.4 Å². The van der Waals surface area contributed by atoms with Crippen molar-refractivity contribution in [3.05, 3.63) is 66.9 Å². The maximum absolute atomic E-state index is 12.2. The lowest BCUT2D eigenvalue weighted by molar-refractivity contribution is 0.102. The Balaban J connectivity index is 1.74. The number of imidazole rings is 1. The van der Waals surface area contributed by atoms with Gasteiger partial charge in [0.2, 0.25) is 0 Å². The van der Waals surface area contributed by atoms with Gasteiger partial charge in [-0.05, 0) is 30.3 Å². The molecule has 6 nitrogen and oxygen atoms in total. The molecular weight excluding hydrogens is 280 g/mol. The number of nitrogens with zero attached hydrogens (tertiary/aromatic N) is 3. The molecule has 1 amide bonds. The van der Waals surface area contributed by atoms with Crippen LogP contribution in [0.4, 0.5) is 5.69 Å². The van der Waals surface area contributed by atoms with Gasteiger partial charge in [-0.25, -0.2) is 9.97 Å². The van der Waals surface area contributed by atoms with E-state index in [1.165, 1.54) is 0 Å². The van der Waals surface area contributed by atoms with Crippen molar-refractivity contribution < 1.29 is 9.53 Å².